The molecule has 4 aliphatic carbocycles. The molecule has 4 rings (SSSR count). The maximum absolute atomic E-state index is 11.8. The molecule has 4 aliphatic rings. The van der Waals surface area contributed by atoms with E-state index in [0.717, 1.165) is 38.5 Å². The first-order valence-corrected chi connectivity index (χ1v) is 14.2. The summed E-state index contributed by atoms with van der Waals surface area (Å²) in [6.45, 7) is 20.7. The molecule has 0 aromatic heterocycles. The predicted molar refractivity (Wildman–Crippen MR) is 140 cm³/mol. The Kier molecular flexibility index (Phi) is 6.53. The highest BCUT2D eigenvalue weighted by Gasteiger charge is 2.71. The fraction of sp³-hybridized carbons (Fsp3) is 0.935. The van der Waals surface area contributed by atoms with E-state index in [1.54, 1.807) is 0 Å². The van der Waals surface area contributed by atoms with Crippen molar-refractivity contribution in [2.24, 2.45) is 51.2 Å². The van der Waals surface area contributed by atoms with Gasteiger partial charge in [0.1, 0.15) is 0 Å². The zero-order valence-electron chi connectivity index (χ0n) is 23.6. The Morgan fingerprint density at radius 1 is 0.941 bits per heavy atom. The minimum absolute atomic E-state index is 0.0205. The summed E-state index contributed by atoms with van der Waals surface area (Å²) in [5.41, 5.74) is 0.843. The van der Waals surface area contributed by atoms with E-state index in [2.05, 4.69) is 61.5 Å². The summed E-state index contributed by atoms with van der Waals surface area (Å²) in [6.07, 6.45) is 9.45. The molecule has 0 bridgehead atoms. The van der Waals surface area contributed by atoms with E-state index in [1.165, 1.54) is 18.4 Å². The number of aliphatic hydroxyl groups excluding tert-OH is 2. The zero-order chi connectivity index (χ0) is 25.5. The molecule has 0 radical (unpaired) electrons. The van der Waals surface area contributed by atoms with Crippen molar-refractivity contribution in [3.8, 4) is 0 Å². The summed E-state index contributed by atoms with van der Waals surface area (Å²) in [4.78, 5) is 0. The molecular weight excluding hydrogens is 420 g/mol. The summed E-state index contributed by atoms with van der Waals surface area (Å²) >= 11 is 0. The van der Waals surface area contributed by atoms with E-state index >= 15 is 0 Å². The molecule has 3 nitrogen and oxygen atoms in total. The number of allylic oxidation sites excluding steroid dienone is 2. The van der Waals surface area contributed by atoms with Gasteiger partial charge in [-0.05, 0) is 123 Å². The summed E-state index contributed by atoms with van der Waals surface area (Å²) in [7, 11) is 0. The average molecular weight is 475 g/mol. The predicted octanol–water partition coefficient (Wildman–Crippen LogP) is 6.75. The smallest absolute Gasteiger partial charge is 0.0654 e. The molecule has 3 N–H and O–H groups in total. The van der Waals surface area contributed by atoms with Gasteiger partial charge in [0.05, 0.1) is 17.8 Å². The Hall–Kier alpha value is -0.380. The van der Waals surface area contributed by atoms with Crippen LogP contribution in [0, 0.1) is 51.2 Å². The third kappa shape index (κ3) is 3.61. The molecule has 3 heteroatoms. The van der Waals surface area contributed by atoms with Crippen molar-refractivity contribution in [2.45, 2.75) is 131 Å². The Morgan fingerprint density at radius 3 is 2.18 bits per heavy atom. The van der Waals surface area contributed by atoms with E-state index in [-0.39, 0.29) is 45.7 Å². The van der Waals surface area contributed by atoms with Crippen molar-refractivity contribution in [3.05, 3.63) is 11.6 Å². The fourth-order valence-electron chi connectivity index (χ4n) is 10.6. The van der Waals surface area contributed by atoms with Crippen LogP contribution in [0.1, 0.15) is 114 Å². The highest BCUT2D eigenvalue weighted by atomic mass is 16.3. The summed E-state index contributed by atoms with van der Waals surface area (Å²) in [5, 5.41) is 34.7. The second kappa shape index (κ2) is 8.32. The van der Waals surface area contributed by atoms with Crippen LogP contribution in [0.2, 0.25) is 0 Å². The average Bonchev–Trinajstić information content (AvgIpc) is 3.09. The van der Waals surface area contributed by atoms with Crippen LogP contribution in [0.4, 0.5) is 0 Å². The second-order valence-corrected chi connectivity index (χ2v) is 15.0. The molecule has 34 heavy (non-hydrogen) atoms. The summed E-state index contributed by atoms with van der Waals surface area (Å²) in [6, 6.07) is 0. The van der Waals surface area contributed by atoms with Crippen LogP contribution < -0.4 is 0 Å². The third-order valence-electron chi connectivity index (χ3n) is 13.0. The number of fused-ring (bicyclic) bond motifs is 5. The lowest BCUT2D eigenvalue weighted by Gasteiger charge is -2.71. The minimum atomic E-state index is -0.752. The van der Waals surface area contributed by atoms with Gasteiger partial charge in [-0.2, -0.15) is 0 Å². The number of aliphatic hydroxyl groups is 3. The lowest BCUT2D eigenvalue weighted by Crippen LogP contribution is -2.67. The van der Waals surface area contributed by atoms with Crippen LogP contribution in [-0.4, -0.2) is 33.1 Å². The Labute approximate surface area is 209 Å². The molecule has 0 spiro atoms. The van der Waals surface area contributed by atoms with Gasteiger partial charge in [0.2, 0.25) is 0 Å². The van der Waals surface area contributed by atoms with Gasteiger partial charge in [-0.25, -0.2) is 0 Å². The molecule has 0 aromatic rings. The van der Waals surface area contributed by atoms with E-state index in [1.807, 2.05) is 6.92 Å². The molecule has 11 atom stereocenters. The SMILES string of the molecule is CC(C)=CCC[C@](C)(O)C1CC[C@]2(C)C1C(O)CC1C3(C)C[C@@H](O)C(C)C(C)(C)C3CCC12C. The number of rotatable bonds is 4. The normalized spacial score (nSPS) is 51.6. The Balaban J connectivity index is 1.68. The molecule has 0 saturated heterocycles. The first-order valence-electron chi connectivity index (χ1n) is 14.2. The van der Waals surface area contributed by atoms with Crippen LogP contribution in [0.25, 0.3) is 0 Å². The highest BCUT2D eigenvalue weighted by Crippen LogP contribution is 2.76. The fourth-order valence-corrected chi connectivity index (χ4v) is 10.6. The van der Waals surface area contributed by atoms with Crippen LogP contribution >= 0.6 is 0 Å². The van der Waals surface area contributed by atoms with Crippen LogP contribution in [-0.2, 0) is 0 Å². The minimum Gasteiger partial charge on any atom is -0.393 e. The summed E-state index contributed by atoms with van der Waals surface area (Å²) in [5.74, 6) is 1.59. The van der Waals surface area contributed by atoms with Gasteiger partial charge in [-0.15, -0.1) is 0 Å². The topological polar surface area (TPSA) is 60.7 Å². The zero-order valence-corrected chi connectivity index (χ0v) is 23.6. The van der Waals surface area contributed by atoms with Crippen molar-refractivity contribution < 1.29 is 15.3 Å². The van der Waals surface area contributed by atoms with Crippen molar-refractivity contribution in [2.75, 3.05) is 0 Å². The highest BCUT2D eigenvalue weighted by molar-refractivity contribution is 5.20. The number of hydrogen-bond donors (Lipinski definition) is 3. The molecule has 8 unspecified atom stereocenters. The van der Waals surface area contributed by atoms with Gasteiger partial charge < -0.3 is 15.3 Å². The molecule has 4 saturated carbocycles. The van der Waals surface area contributed by atoms with E-state index in [4.69, 9.17) is 0 Å². The van der Waals surface area contributed by atoms with Crippen molar-refractivity contribution in [1.29, 1.82) is 0 Å². The molecule has 0 aliphatic heterocycles. The largest absolute Gasteiger partial charge is 0.393 e. The van der Waals surface area contributed by atoms with Gasteiger partial charge in [0, 0.05) is 0 Å². The molecule has 0 aromatic carbocycles. The Morgan fingerprint density at radius 2 is 1.56 bits per heavy atom. The van der Waals surface area contributed by atoms with E-state index in [9.17, 15) is 15.3 Å². The first-order chi connectivity index (χ1) is 15.5. The van der Waals surface area contributed by atoms with Crippen LogP contribution in [0.3, 0.4) is 0 Å². The summed E-state index contributed by atoms with van der Waals surface area (Å²) < 4.78 is 0. The lowest BCUT2D eigenvalue weighted by molar-refractivity contribution is -0.253. The number of hydrogen-bond acceptors (Lipinski definition) is 3. The first kappa shape index (κ1) is 26.7. The molecule has 0 amide bonds. The second-order valence-electron chi connectivity index (χ2n) is 15.0. The van der Waals surface area contributed by atoms with Crippen LogP contribution in [0.15, 0.2) is 11.6 Å². The maximum atomic E-state index is 11.8. The van der Waals surface area contributed by atoms with Crippen molar-refractivity contribution >= 4 is 0 Å². The van der Waals surface area contributed by atoms with Crippen molar-refractivity contribution in [3.63, 3.8) is 0 Å². The van der Waals surface area contributed by atoms with Crippen LogP contribution in [0.5, 0.6) is 0 Å². The van der Waals surface area contributed by atoms with E-state index in [0.29, 0.717) is 17.8 Å². The lowest BCUT2D eigenvalue weighted by atomic mass is 9.34. The standard InChI is InChI=1S/C31H54O3/c1-19(2)11-10-14-31(9,34)21-12-15-30(8)26(21)22(32)17-25-28(6)18-23(33)20(3)27(4,5)24(28)13-16-29(25,30)7/h11,20-26,32-34H,10,12-18H2,1-9H3/t20?,21?,22?,23-,24?,25?,26?,28?,29?,30-,31+/m1/s1. The third-order valence-corrected chi connectivity index (χ3v) is 13.0. The van der Waals surface area contributed by atoms with Gasteiger partial charge >= 0.3 is 0 Å². The Bertz CT molecular complexity index is 809. The maximum Gasteiger partial charge on any atom is 0.0654 e. The van der Waals surface area contributed by atoms with Gasteiger partial charge in [0.15, 0.2) is 0 Å². The van der Waals surface area contributed by atoms with Gasteiger partial charge in [0.25, 0.3) is 0 Å². The molecule has 0 heterocycles. The van der Waals surface area contributed by atoms with Crippen molar-refractivity contribution in [1.82, 2.24) is 0 Å². The molecule has 4 fully saturated rings. The van der Waals surface area contributed by atoms with Gasteiger partial charge in [-0.3, -0.25) is 0 Å². The monoisotopic (exact) mass is 474 g/mol. The quantitative estimate of drug-likeness (QED) is 0.395. The molecular formula is C31H54O3. The molecule has 196 valence electrons. The van der Waals surface area contributed by atoms with Gasteiger partial charge in [-0.1, -0.05) is 53.2 Å². The van der Waals surface area contributed by atoms with E-state index < -0.39 is 5.60 Å².